The Morgan fingerprint density at radius 3 is 2.86 bits per heavy atom. The van der Waals surface area contributed by atoms with Gasteiger partial charge in [0.05, 0.1) is 24.4 Å². The van der Waals surface area contributed by atoms with Gasteiger partial charge in [-0.1, -0.05) is 18.9 Å². The van der Waals surface area contributed by atoms with E-state index in [4.69, 9.17) is 17.0 Å². The molecule has 1 saturated heterocycles. The van der Waals surface area contributed by atoms with Crippen LogP contribution in [0.5, 0.6) is 0 Å². The molecule has 0 bridgehead atoms. The molecule has 0 radical (unpaired) electrons. The molecule has 1 N–H and O–H groups in total. The zero-order valence-electron chi connectivity index (χ0n) is 16.1. The van der Waals surface area contributed by atoms with E-state index in [1.165, 1.54) is 25.7 Å². The van der Waals surface area contributed by atoms with E-state index in [-0.39, 0.29) is 24.6 Å². The lowest BCUT2D eigenvalue weighted by Gasteiger charge is -2.26. The van der Waals surface area contributed by atoms with Gasteiger partial charge in [0, 0.05) is 24.6 Å². The lowest BCUT2D eigenvalue weighted by Crippen LogP contribution is -2.35. The molecule has 1 saturated carbocycles. The SMILES string of the molecule is CCOC(=O)CN1C(=S)N[C@@H](c2ccccn2)[C@H]1c1ccn(C2CCCC2)c1. The van der Waals surface area contributed by atoms with E-state index in [1.54, 1.807) is 6.20 Å². The Labute approximate surface area is 170 Å². The molecule has 2 aromatic rings. The molecule has 1 aliphatic heterocycles. The lowest BCUT2D eigenvalue weighted by atomic mass is 9.99. The molecular formula is C21H26N4O2S. The molecule has 0 aromatic carbocycles. The maximum absolute atomic E-state index is 12.2. The zero-order valence-corrected chi connectivity index (χ0v) is 16.9. The van der Waals surface area contributed by atoms with Gasteiger partial charge >= 0.3 is 5.97 Å². The van der Waals surface area contributed by atoms with Crippen LogP contribution in [0.4, 0.5) is 0 Å². The number of pyridine rings is 1. The molecule has 1 aliphatic carbocycles. The lowest BCUT2D eigenvalue weighted by molar-refractivity contribution is -0.143. The summed E-state index contributed by atoms with van der Waals surface area (Å²) in [5.41, 5.74) is 2.05. The van der Waals surface area contributed by atoms with Crippen molar-refractivity contribution in [3.63, 3.8) is 0 Å². The molecule has 2 aliphatic rings. The third kappa shape index (κ3) is 3.76. The number of hydrogen-bond donors (Lipinski definition) is 1. The van der Waals surface area contributed by atoms with Crippen LogP contribution < -0.4 is 5.32 Å². The molecule has 2 fully saturated rings. The van der Waals surface area contributed by atoms with Gasteiger partial charge < -0.3 is 19.5 Å². The topological polar surface area (TPSA) is 59.4 Å². The van der Waals surface area contributed by atoms with Gasteiger partial charge in [-0.2, -0.15) is 0 Å². The second kappa shape index (κ2) is 8.31. The summed E-state index contributed by atoms with van der Waals surface area (Å²) in [7, 11) is 0. The van der Waals surface area contributed by atoms with Crippen LogP contribution in [0.1, 0.15) is 62.0 Å². The van der Waals surface area contributed by atoms with Gasteiger partial charge in [0.25, 0.3) is 0 Å². The maximum atomic E-state index is 12.2. The van der Waals surface area contributed by atoms with Crippen LogP contribution in [0.2, 0.25) is 0 Å². The molecule has 7 heteroatoms. The third-order valence-corrected chi connectivity index (χ3v) is 5.98. The van der Waals surface area contributed by atoms with E-state index in [2.05, 4.69) is 33.3 Å². The number of carbonyl (C=O) groups is 1. The quantitative estimate of drug-likeness (QED) is 0.593. The first kappa shape index (κ1) is 18.9. The van der Waals surface area contributed by atoms with Crippen LogP contribution >= 0.6 is 12.2 Å². The van der Waals surface area contributed by atoms with Gasteiger partial charge in [-0.25, -0.2) is 0 Å². The highest BCUT2D eigenvalue weighted by Crippen LogP contribution is 2.39. The number of carbonyl (C=O) groups excluding carboxylic acids is 1. The van der Waals surface area contributed by atoms with Crippen molar-refractivity contribution in [3.8, 4) is 0 Å². The Morgan fingerprint density at radius 1 is 1.32 bits per heavy atom. The van der Waals surface area contributed by atoms with E-state index >= 15 is 0 Å². The highest BCUT2D eigenvalue weighted by molar-refractivity contribution is 7.80. The number of aromatic nitrogens is 2. The molecule has 28 heavy (non-hydrogen) atoms. The monoisotopic (exact) mass is 398 g/mol. The highest BCUT2D eigenvalue weighted by Gasteiger charge is 2.41. The van der Waals surface area contributed by atoms with Gasteiger partial charge in [0.15, 0.2) is 5.11 Å². The first-order valence-corrected chi connectivity index (χ1v) is 10.4. The average Bonchev–Trinajstić information content (AvgIpc) is 3.43. The Kier molecular flexibility index (Phi) is 5.62. The van der Waals surface area contributed by atoms with Crippen molar-refractivity contribution in [1.82, 2.24) is 19.8 Å². The van der Waals surface area contributed by atoms with Crippen LogP contribution in [-0.4, -0.2) is 38.7 Å². The van der Waals surface area contributed by atoms with Crippen molar-refractivity contribution < 1.29 is 9.53 Å². The third-order valence-electron chi connectivity index (χ3n) is 5.63. The predicted octanol–water partition coefficient (Wildman–Crippen LogP) is 3.53. The smallest absolute Gasteiger partial charge is 0.325 e. The summed E-state index contributed by atoms with van der Waals surface area (Å²) in [5, 5.41) is 3.93. The Balaban J connectivity index is 1.66. The van der Waals surface area contributed by atoms with Crippen molar-refractivity contribution in [2.75, 3.05) is 13.2 Å². The van der Waals surface area contributed by atoms with Crippen LogP contribution in [0, 0.1) is 0 Å². The molecular weight excluding hydrogens is 372 g/mol. The van der Waals surface area contributed by atoms with Crippen molar-refractivity contribution in [1.29, 1.82) is 0 Å². The van der Waals surface area contributed by atoms with Gasteiger partial charge in [0.2, 0.25) is 0 Å². The van der Waals surface area contributed by atoms with Crippen molar-refractivity contribution >= 4 is 23.3 Å². The molecule has 3 heterocycles. The molecule has 0 spiro atoms. The number of esters is 1. The Hall–Kier alpha value is -2.41. The standard InChI is InChI=1S/C21H26N4O2S/c1-2-27-18(26)14-25-20(15-10-12-24(13-15)16-7-3-4-8-16)19(23-21(25)28)17-9-5-6-11-22-17/h5-6,9-13,16,19-20H,2-4,7-8,14H2,1H3,(H,23,28)/t19-,20+/m0/s1. The molecule has 2 aromatic heterocycles. The molecule has 0 amide bonds. The summed E-state index contributed by atoms with van der Waals surface area (Å²) in [5.74, 6) is -0.270. The summed E-state index contributed by atoms with van der Waals surface area (Å²) in [4.78, 5) is 18.7. The largest absolute Gasteiger partial charge is 0.465 e. The number of hydrogen-bond acceptors (Lipinski definition) is 4. The fourth-order valence-electron chi connectivity index (χ4n) is 4.32. The summed E-state index contributed by atoms with van der Waals surface area (Å²) in [6.45, 7) is 2.30. The number of thiocarbonyl (C=S) groups is 1. The molecule has 148 valence electrons. The minimum atomic E-state index is -0.270. The van der Waals surface area contributed by atoms with E-state index in [0.29, 0.717) is 17.8 Å². The number of rotatable bonds is 6. The van der Waals surface area contributed by atoms with Crippen molar-refractivity contribution in [3.05, 3.63) is 54.1 Å². The predicted molar refractivity (Wildman–Crippen MR) is 111 cm³/mol. The zero-order chi connectivity index (χ0) is 19.5. The first-order valence-electron chi connectivity index (χ1n) is 9.98. The molecule has 0 unspecified atom stereocenters. The average molecular weight is 399 g/mol. The van der Waals surface area contributed by atoms with Crippen LogP contribution in [0.25, 0.3) is 0 Å². The number of ether oxygens (including phenoxy) is 1. The van der Waals surface area contributed by atoms with Crippen molar-refractivity contribution in [2.45, 2.75) is 50.7 Å². The van der Waals surface area contributed by atoms with Crippen LogP contribution in [0.15, 0.2) is 42.9 Å². The second-order valence-electron chi connectivity index (χ2n) is 7.39. The highest BCUT2D eigenvalue weighted by atomic mass is 32.1. The Bertz CT molecular complexity index is 832. The summed E-state index contributed by atoms with van der Waals surface area (Å²) < 4.78 is 7.50. The minimum Gasteiger partial charge on any atom is -0.465 e. The van der Waals surface area contributed by atoms with E-state index in [0.717, 1.165) is 11.3 Å². The fourth-order valence-corrected chi connectivity index (χ4v) is 4.62. The number of nitrogens with zero attached hydrogens (tertiary/aromatic N) is 3. The van der Waals surface area contributed by atoms with E-state index in [1.807, 2.05) is 30.0 Å². The molecule has 4 rings (SSSR count). The summed E-state index contributed by atoms with van der Waals surface area (Å²) in [6, 6.07) is 8.38. The van der Waals surface area contributed by atoms with Gasteiger partial charge in [0.1, 0.15) is 6.54 Å². The number of nitrogens with one attached hydrogen (secondary N) is 1. The summed E-state index contributed by atoms with van der Waals surface area (Å²) >= 11 is 5.58. The Morgan fingerprint density at radius 2 is 2.14 bits per heavy atom. The van der Waals surface area contributed by atoms with Crippen LogP contribution in [-0.2, 0) is 9.53 Å². The summed E-state index contributed by atoms with van der Waals surface area (Å²) in [6.07, 6.45) is 11.2. The molecule has 2 atom stereocenters. The van der Waals surface area contributed by atoms with Gasteiger partial charge in [-0.05, 0) is 55.7 Å². The maximum Gasteiger partial charge on any atom is 0.325 e. The normalized spacial score (nSPS) is 22.5. The van der Waals surface area contributed by atoms with E-state index < -0.39 is 0 Å². The van der Waals surface area contributed by atoms with Gasteiger partial charge in [-0.15, -0.1) is 0 Å². The second-order valence-corrected chi connectivity index (χ2v) is 7.78. The minimum absolute atomic E-state index is 0.102. The first-order chi connectivity index (χ1) is 13.7. The molecule has 6 nitrogen and oxygen atoms in total. The van der Waals surface area contributed by atoms with Crippen LogP contribution in [0.3, 0.4) is 0 Å². The van der Waals surface area contributed by atoms with Crippen molar-refractivity contribution in [2.24, 2.45) is 0 Å². The fraction of sp³-hybridized carbons (Fsp3) is 0.476. The van der Waals surface area contributed by atoms with Gasteiger partial charge in [-0.3, -0.25) is 9.78 Å². The van der Waals surface area contributed by atoms with E-state index in [9.17, 15) is 4.79 Å².